The molecule has 0 amide bonds. The summed E-state index contributed by atoms with van der Waals surface area (Å²) in [5, 5.41) is 1.83. The predicted octanol–water partition coefficient (Wildman–Crippen LogP) is 4.45. The molecule has 6 heteroatoms. The lowest BCUT2D eigenvalue weighted by Crippen LogP contribution is -2.21. The second-order valence-corrected chi connectivity index (χ2v) is 10.0. The van der Waals surface area contributed by atoms with Gasteiger partial charge in [0.1, 0.15) is 9.84 Å². The lowest BCUT2D eigenvalue weighted by atomic mass is 9.94. The number of fused-ring (bicyclic) bond motifs is 3. The van der Waals surface area contributed by atoms with Gasteiger partial charge in [-0.2, -0.15) is 0 Å². The van der Waals surface area contributed by atoms with Gasteiger partial charge in [-0.3, -0.25) is 9.36 Å². The molecule has 0 atom stereocenters. The molecule has 0 spiro atoms. The van der Waals surface area contributed by atoms with Crippen LogP contribution in [0.5, 0.6) is 0 Å². The van der Waals surface area contributed by atoms with Gasteiger partial charge in [0.05, 0.1) is 24.0 Å². The van der Waals surface area contributed by atoms with Crippen LogP contribution in [0.4, 0.5) is 0 Å². The van der Waals surface area contributed by atoms with Crippen LogP contribution in [0.25, 0.3) is 10.2 Å². The maximum absolute atomic E-state index is 13.1. The average Bonchev–Trinajstić information content (AvgIpc) is 3.10. The summed E-state index contributed by atoms with van der Waals surface area (Å²) in [6, 6.07) is 0. The Morgan fingerprint density at radius 1 is 1.20 bits per heavy atom. The normalized spacial score (nSPS) is 14.9. The van der Waals surface area contributed by atoms with Crippen molar-refractivity contribution in [1.82, 2.24) is 14.5 Å². The lowest BCUT2D eigenvalue weighted by Gasteiger charge is -2.16. The molecule has 0 bridgehead atoms. The first-order valence-electron chi connectivity index (χ1n) is 8.81. The van der Waals surface area contributed by atoms with E-state index in [4.69, 9.17) is 4.98 Å². The third kappa shape index (κ3) is 2.95. The van der Waals surface area contributed by atoms with Crippen LogP contribution < -0.4 is 5.56 Å². The maximum Gasteiger partial charge on any atom is 0.262 e. The third-order valence-electron chi connectivity index (χ3n) is 4.77. The molecule has 0 saturated carbocycles. The fraction of sp³-hybridized carbons (Fsp3) is 0.526. The number of aryl methyl sites for hydroxylation is 3. The van der Waals surface area contributed by atoms with Crippen LogP contribution in [0.3, 0.4) is 0 Å². The summed E-state index contributed by atoms with van der Waals surface area (Å²) in [6.45, 7) is 9.17. The van der Waals surface area contributed by atoms with E-state index in [0.29, 0.717) is 6.54 Å². The number of rotatable bonds is 2. The predicted molar refractivity (Wildman–Crippen MR) is 105 cm³/mol. The third-order valence-corrected chi connectivity index (χ3v) is 7.54. The van der Waals surface area contributed by atoms with E-state index in [1.54, 1.807) is 33.6 Å². The monoisotopic (exact) mass is 373 g/mol. The zero-order valence-electron chi connectivity index (χ0n) is 15.2. The largest absolute Gasteiger partial charge is 0.292 e. The SMILES string of the molecule is Cc1nc(Cn2cnc3sc4c(c3c2=O)CCCC4)sc1C(C)(C)C. The number of nitrogens with zero attached hydrogens (tertiary/aromatic N) is 3. The molecular weight excluding hydrogens is 350 g/mol. The zero-order valence-corrected chi connectivity index (χ0v) is 16.8. The van der Waals surface area contributed by atoms with E-state index in [1.807, 2.05) is 0 Å². The molecule has 1 aliphatic carbocycles. The van der Waals surface area contributed by atoms with Crippen LogP contribution in [-0.4, -0.2) is 14.5 Å². The van der Waals surface area contributed by atoms with E-state index in [-0.39, 0.29) is 11.0 Å². The van der Waals surface area contributed by atoms with E-state index < -0.39 is 0 Å². The highest BCUT2D eigenvalue weighted by molar-refractivity contribution is 7.18. The van der Waals surface area contributed by atoms with Gasteiger partial charge in [0, 0.05) is 9.75 Å². The van der Waals surface area contributed by atoms with Crippen LogP contribution >= 0.6 is 22.7 Å². The Morgan fingerprint density at radius 2 is 1.96 bits per heavy atom. The average molecular weight is 374 g/mol. The summed E-state index contributed by atoms with van der Waals surface area (Å²) < 4.78 is 1.73. The molecule has 0 aliphatic heterocycles. The van der Waals surface area contributed by atoms with Crippen molar-refractivity contribution in [2.75, 3.05) is 0 Å². The molecule has 0 unspecified atom stereocenters. The van der Waals surface area contributed by atoms with Gasteiger partial charge in [0.15, 0.2) is 0 Å². The van der Waals surface area contributed by atoms with E-state index in [0.717, 1.165) is 33.8 Å². The van der Waals surface area contributed by atoms with E-state index in [1.165, 1.54) is 28.2 Å². The van der Waals surface area contributed by atoms with E-state index in [2.05, 4.69) is 32.7 Å². The first kappa shape index (κ1) is 16.9. The quantitative estimate of drug-likeness (QED) is 0.667. The highest BCUT2D eigenvalue weighted by Gasteiger charge is 2.22. The summed E-state index contributed by atoms with van der Waals surface area (Å²) >= 11 is 3.41. The van der Waals surface area contributed by atoms with Crippen molar-refractivity contribution in [3.63, 3.8) is 0 Å². The highest BCUT2D eigenvalue weighted by atomic mass is 32.1. The molecule has 0 fully saturated rings. The Kier molecular flexibility index (Phi) is 4.07. The minimum atomic E-state index is 0.0829. The summed E-state index contributed by atoms with van der Waals surface area (Å²) in [5.74, 6) is 0. The molecule has 25 heavy (non-hydrogen) atoms. The molecule has 0 N–H and O–H groups in total. The molecule has 4 nitrogen and oxygen atoms in total. The Labute approximate surface area is 155 Å². The van der Waals surface area contributed by atoms with Crippen LogP contribution in [0.2, 0.25) is 0 Å². The summed E-state index contributed by atoms with van der Waals surface area (Å²) in [6.07, 6.45) is 6.20. The van der Waals surface area contributed by atoms with Crippen LogP contribution in [-0.2, 0) is 24.8 Å². The van der Waals surface area contributed by atoms with Crippen molar-refractivity contribution in [3.8, 4) is 0 Å². The number of aromatic nitrogens is 3. The maximum atomic E-state index is 13.1. The Hall–Kier alpha value is -1.53. The smallest absolute Gasteiger partial charge is 0.262 e. The molecule has 3 heterocycles. The lowest BCUT2D eigenvalue weighted by molar-refractivity contribution is 0.598. The van der Waals surface area contributed by atoms with Crippen molar-refractivity contribution >= 4 is 32.9 Å². The van der Waals surface area contributed by atoms with Crippen molar-refractivity contribution in [2.24, 2.45) is 0 Å². The molecule has 1 aliphatic rings. The van der Waals surface area contributed by atoms with Gasteiger partial charge >= 0.3 is 0 Å². The summed E-state index contributed by atoms with van der Waals surface area (Å²) in [4.78, 5) is 25.9. The Balaban J connectivity index is 1.76. The number of hydrogen-bond donors (Lipinski definition) is 0. The second kappa shape index (κ2) is 6.02. The minimum Gasteiger partial charge on any atom is -0.292 e. The molecule has 0 radical (unpaired) electrons. The van der Waals surface area contributed by atoms with Gasteiger partial charge in [0.25, 0.3) is 5.56 Å². The number of thiophene rings is 1. The van der Waals surface area contributed by atoms with Gasteiger partial charge < -0.3 is 0 Å². The summed E-state index contributed by atoms with van der Waals surface area (Å²) in [5.41, 5.74) is 2.50. The molecule has 0 aromatic carbocycles. The molecular formula is C19H23N3OS2. The Bertz CT molecular complexity index is 1000. The minimum absolute atomic E-state index is 0.0829. The highest BCUT2D eigenvalue weighted by Crippen LogP contribution is 2.34. The standard InChI is InChI=1S/C19H23N3OS2/c1-11-16(19(2,3)4)25-14(21-11)9-22-10-20-17-15(18(22)23)12-7-5-6-8-13(12)24-17/h10H,5-9H2,1-4H3. The van der Waals surface area contributed by atoms with Gasteiger partial charge in [-0.25, -0.2) is 9.97 Å². The second-order valence-electron chi connectivity index (χ2n) is 7.84. The molecule has 0 saturated heterocycles. The number of hydrogen-bond acceptors (Lipinski definition) is 5. The molecule has 3 aromatic heterocycles. The van der Waals surface area contributed by atoms with Crippen molar-refractivity contribution in [1.29, 1.82) is 0 Å². The van der Waals surface area contributed by atoms with Crippen molar-refractivity contribution in [2.45, 2.75) is 65.3 Å². The fourth-order valence-corrected chi connectivity index (χ4v) is 6.00. The fourth-order valence-electron chi connectivity index (χ4n) is 3.66. The molecule has 3 aromatic rings. The van der Waals surface area contributed by atoms with Crippen molar-refractivity contribution < 1.29 is 0 Å². The first-order chi connectivity index (χ1) is 11.8. The number of thiazole rings is 1. The summed E-state index contributed by atoms with van der Waals surface area (Å²) in [7, 11) is 0. The topological polar surface area (TPSA) is 47.8 Å². The van der Waals surface area contributed by atoms with Gasteiger partial charge in [-0.05, 0) is 43.6 Å². The van der Waals surface area contributed by atoms with Crippen LogP contribution in [0, 0.1) is 6.92 Å². The van der Waals surface area contributed by atoms with Crippen LogP contribution in [0.1, 0.15) is 59.6 Å². The van der Waals surface area contributed by atoms with Gasteiger partial charge in [-0.1, -0.05) is 20.8 Å². The van der Waals surface area contributed by atoms with Gasteiger partial charge in [-0.15, -0.1) is 22.7 Å². The van der Waals surface area contributed by atoms with Crippen molar-refractivity contribution in [3.05, 3.63) is 42.7 Å². The first-order valence-corrected chi connectivity index (χ1v) is 10.4. The van der Waals surface area contributed by atoms with E-state index >= 15 is 0 Å². The van der Waals surface area contributed by atoms with E-state index in [9.17, 15) is 4.79 Å². The zero-order chi connectivity index (χ0) is 17.8. The van der Waals surface area contributed by atoms with Crippen LogP contribution in [0.15, 0.2) is 11.1 Å². The molecule has 4 rings (SSSR count). The van der Waals surface area contributed by atoms with Gasteiger partial charge in [0.2, 0.25) is 0 Å². The molecule has 132 valence electrons. The Morgan fingerprint density at radius 3 is 2.68 bits per heavy atom.